The zero-order valence-electron chi connectivity index (χ0n) is 12.0. The third-order valence-corrected chi connectivity index (χ3v) is 4.52. The first kappa shape index (κ1) is 14.5. The van der Waals surface area contributed by atoms with Crippen molar-refractivity contribution >= 4 is 17.7 Å². The van der Waals surface area contributed by atoms with Gasteiger partial charge in [-0.25, -0.2) is 0 Å². The molecule has 0 aromatic heterocycles. The third-order valence-electron chi connectivity index (χ3n) is 4.52. The minimum atomic E-state index is -0.516. The summed E-state index contributed by atoms with van der Waals surface area (Å²) in [6, 6.07) is 4.78. The molecule has 1 aliphatic heterocycles. The van der Waals surface area contributed by atoms with Gasteiger partial charge in [-0.05, 0) is 30.4 Å². The Morgan fingerprint density at radius 2 is 2.05 bits per heavy atom. The van der Waals surface area contributed by atoms with Gasteiger partial charge in [-0.3, -0.25) is 14.9 Å². The maximum atomic E-state index is 11.0. The molecule has 0 amide bonds. The van der Waals surface area contributed by atoms with E-state index in [4.69, 9.17) is 0 Å². The van der Waals surface area contributed by atoms with Crippen molar-refractivity contribution in [3.05, 3.63) is 33.9 Å². The Bertz CT molecular complexity index is 520. The van der Waals surface area contributed by atoms with E-state index in [-0.39, 0.29) is 11.3 Å². The molecule has 0 unspecified atom stereocenters. The summed E-state index contributed by atoms with van der Waals surface area (Å²) < 4.78 is 0. The number of nitrogens with zero attached hydrogens (tertiary/aromatic N) is 2. The van der Waals surface area contributed by atoms with Crippen molar-refractivity contribution in [3.8, 4) is 0 Å². The van der Waals surface area contributed by atoms with E-state index in [9.17, 15) is 14.9 Å². The number of rotatable bonds is 4. The normalized spacial score (nSPS) is 17.8. The van der Waals surface area contributed by atoms with Gasteiger partial charge in [-0.2, -0.15) is 0 Å². The van der Waals surface area contributed by atoms with Crippen molar-refractivity contribution in [1.29, 1.82) is 0 Å². The Kier molecular flexibility index (Phi) is 4.06. The van der Waals surface area contributed by atoms with Crippen LogP contribution in [0.3, 0.4) is 0 Å². The van der Waals surface area contributed by atoms with Crippen molar-refractivity contribution in [2.75, 3.05) is 18.0 Å². The van der Waals surface area contributed by atoms with Crippen LogP contribution in [0, 0.1) is 15.5 Å². The van der Waals surface area contributed by atoms with Crippen LogP contribution in [0.5, 0.6) is 0 Å². The van der Waals surface area contributed by atoms with E-state index in [0.29, 0.717) is 11.7 Å². The Morgan fingerprint density at radius 3 is 2.55 bits per heavy atom. The van der Waals surface area contributed by atoms with Crippen LogP contribution in [-0.4, -0.2) is 24.3 Å². The van der Waals surface area contributed by atoms with Crippen molar-refractivity contribution < 1.29 is 9.72 Å². The maximum absolute atomic E-state index is 11.0. The lowest BCUT2D eigenvalue weighted by molar-refractivity contribution is -0.385. The van der Waals surface area contributed by atoms with Crippen LogP contribution in [-0.2, 0) is 0 Å². The molecule has 1 saturated heterocycles. The number of piperidine rings is 1. The first-order valence-electron chi connectivity index (χ1n) is 6.97. The van der Waals surface area contributed by atoms with Crippen molar-refractivity contribution in [2.24, 2.45) is 5.41 Å². The number of anilines is 1. The van der Waals surface area contributed by atoms with Crippen LogP contribution in [0.2, 0.25) is 0 Å². The van der Waals surface area contributed by atoms with Crippen LogP contribution < -0.4 is 4.90 Å². The van der Waals surface area contributed by atoms with E-state index in [1.165, 1.54) is 12.5 Å². The van der Waals surface area contributed by atoms with Gasteiger partial charge in [0, 0.05) is 24.8 Å². The fourth-order valence-corrected chi connectivity index (χ4v) is 2.66. The molecule has 5 heteroatoms. The Balaban J connectivity index is 2.19. The van der Waals surface area contributed by atoms with Gasteiger partial charge in [0.1, 0.15) is 0 Å². The molecule has 108 valence electrons. The lowest BCUT2D eigenvalue weighted by Gasteiger charge is -2.40. The third kappa shape index (κ3) is 2.81. The van der Waals surface area contributed by atoms with Gasteiger partial charge in [-0.15, -0.1) is 0 Å². The van der Waals surface area contributed by atoms with Gasteiger partial charge < -0.3 is 4.90 Å². The molecule has 1 aromatic carbocycles. The number of nitro benzene ring substituents is 1. The summed E-state index contributed by atoms with van der Waals surface area (Å²) in [6.45, 7) is 6.38. The first-order chi connectivity index (χ1) is 9.49. The summed E-state index contributed by atoms with van der Waals surface area (Å²) in [6.07, 6.45) is 3.94. The molecule has 20 heavy (non-hydrogen) atoms. The smallest absolute Gasteiger partial charge is 0.280 e. The number of aldehydes is 1. The highest BCUT2D eigenvalue weighted by molar-refractivity contribution is 5.83. The van der Waals surface area contributed by atoms with E-state index in [1.807, 2.05) is 0 Å². The number of carbonyl (C=O) groups is 1. The van der Waals surface area contributed by atoms with Gasteiger partial charge in [0.25, 0.3) is 5.69 Å². The number of carbonyl (C=O) groups excluding carboxylic acids is 1. The molecule has 2 rings (SSSR count). The largest absolute Gasteiger partial charge is 0.371 e. The summed E-state index contributed by atoms with van der Waals surface area (Å²) in [5, 5.41) is 10.8. The predicted octanol–water partition coefficient (Wildman–Crippen LogP) is 3.42. The van der Waals surface area contributed by atoms with Gasteiger partial charge >= 0.3 is 0 Å². The SMILES string of the molecule is CCC1(C)CCN(c2ccc([N+](=O)[O-])c(C=O)c2)CC1. The maximum Gasteiger partial charge on any atom is 0.280 e. The van der Waals surface area contributed by atoms with Crippen molar-refractivity contribution in [1.82, 2.24) is 0 Å². The zero-order valence-corrected chi connectivity index (χ0v) is 12.0. The number of nitro groups is 1. The van der Waals surface area contributed by atoms with Gasteiger partial charge in [0.05, 0.1) is 10.5 Å². The van der Waals surface area contributed by atoms with Gasteiger partial charge in [0.2, 0.25) is 0 Å². The molecule has 1 heterocycles. The minimum Gasteiger partial charge on any atom is -0.371 e. The van der Waals surface area contributed by atoms with Crippen molar-refractivity contribution in [2.45, 2.75) is 33.1 Å². The molecule has 0 N–H and O–H groups in total. The fraction of sp³-hybridized carbons (Fsp3) is 0.533. The summed E-state index contributed by atoms with van der Waals surface area (Å²) in [4.78, 5) is 23.5. The van der Waals surface area contributed by atoms with Gasteiger partial charge in [0.15, 0.2) is 6.29 Å². The molecule has 0 radical (unpaired) electrons. The van der Waals surface area contributed by atoms with Gasteiger partial charge in [-0.1, -0.05) is 20.3 Å². The van der Waals surface area contributed by atoms with E-state index >= 15 is 0 Å². The second-order valence-electron chi connectivity index (χ2n) is 5.77. The minimum absolute atomic E-state index is 0.126. The lowest BCUT2D eigenvalue weighted by atomic mass is 9.78. The van der Waals surface area contributed by atoms with E-state index < -0.39 is 4.92 Å². The highest BCUT2D eigenvalue weighted by Gasteiger charge is 2.28. The molecule has 0 spiro atoms. The molecule has 0 saturated carbocycles. The Hall–Kier alpha value is -1.91. The fourth-order valence-electron chi connectivity index (χ4n) is 2.66. The van der Waals surface area contributed by atoms with Crippen LogP contribution >= 0.6 is 0 Å². The summed E-state index contributed by atoms with van der Waals surface area (Å²) in [5.74, 6) is 0. The molecule has 5 nitrogen and oxygen atoms in total. The monoisotopic (exact) mass is 276 g/mol. The molecule has 1 aromatic rings. The van der Waals surface area contributed by atoms with Crippen LogP contribution in [0.25, 0.3) is 0 Å². The van der Waals surface area contributed by atoms with Crippen LogP contribution in [0.15, 0.2) is 18.2 Å². The molecule has 0 bridgehead atoms. The number of benzene rings is 1. The number of hydrogen-bond donors (Lipinski definition) is 0. The highest BCUT2D eigenvalue weighted by Crippen LogP contribution is 2.36. The highest BCUT2D eigenvalue weighted by atomic mass is 16.6. The topological polar surface area (TPSA) is 63.4 Å². The van der Waals surface area contributed by atoms with Crippen LogP contribution in [0.1, 0.15) is 43.5 Å². The average molecular weight is 276 g/mol. The molecule has 1 aliphatic rings. The second-order valence-corrected chi connectivity index (χ2v) is 5.77. The standard InChI is InChI=1S/C15H20N2O3/c1-3-15(2)6-8-16(9-7-15)13-4-5-14(17(19)20)12(10-13)11-18/h4-5,10-11H,3,6-9H2,1-2H3. The quantitative estimate of drug-likeness (QED) is 0.480. The Labute approximate surface area is 118 Å². The molecule has 1 fully saturated rings. The molecular formula is C15H20N2O3. The van der Waals surface area contributed by atoms with Crippen LogP contribution in [0.4, 0.5) is 11.4 Å². The lowest BCUT2D eigenvalue weighted by Crippen LogP contribution is -2.38. The molecule has 0 atom stereocenters. The first-order valence-corrected chi connectivity index (χ1v) is 6.97. The van der Waals surface area contributed by atoms with Crippen molar-refractivity contribution in [3.63, 3.8) is 0 Å². The molecular weight excluding hydrogens is 256 g/mol. The van der Waals surface area contributed by atoms with E-state index in [1.54, 1.807) is 12.1 Å². The summed E-state index contributed by atoms with van der Waals surface area (Å²) >= 11 is 0. The Morgan fingerprint density at radius 1 is 1.40 bits per heavy atom. The van der Waals surface area contributed by atoms with E-state index in [0.717, 1.165) is 31.6 Å². The summed E-state index contributed by atoms with van der Waals surface area (Å²) in [7, 11) is 0. The summed E-state index contributed by atoms with van der Waals surface area (Å²) in [5.41, 5.74) is 1.32. The molecule has 0 aliphatic carbocycles. The number of hydrogen-bond acceptors (Lipinski definition) is 4. The average Bonchev–Trinajstić information content (AvgIpc) is 2.47. The second kappa shape index (κ2) is 5.61. The zero-order chi connectivity index (χ0) is 14.8. The predicted molar refractivity (Wildman–Crippen MR) is 78.3 cm³/mol. The van der Waals surface area contributed by atoms with E-state index in [2.05, 4.69) is 18.7 Å².